The van der Waals surface area contributed by atoms with Gasteiger partial charge in [0.2, 0.25) is 0 Å². The summed E-state index contributed by atoms with van der Waals surface area (Å²) in [5.41, 5.74) is 3.38. The molecule has 0 aliphatic rings. The minimum absolute atomic E-state index is 0.275. The lowest BCUT2D eigenvalue weighted by Gasteiger charge is -2.18. The average molecular weight is 414 g/mol. The number of nitrogens with one attached hydrogen (secondary N) is 2. The third-order valence-corrected chi connectivity index (χ3v) is 4.76. The molecule has 0 saturated heterocycles. The van der Waals surface area contributed by atoms with E-state index < -0.39 is 0 Å². The summed E-state index contributed by atoms with van der Waals surface area (Å²) < 4.78 is 16.5. The number of hydrogen-bond acceptors (Lipinski definition) is 4. The number of guanidine groups is 1. The lowest BCUT2D eigenvalue weighted by molar-refractivity contribution is 0.145. The Labute approximate surface area is 180 Å². The Morgan fingerprint density at radius 1 is 1.03 bits per heavy atom. The van der Waals surface area contributed by atoms with Gasteiger partial charge in [0.25, 0.3) is 0 Å². The summed E-state index contributed by atoms with van der Waals surface area (Å²) in [5, 5.41) is 6.76. The second kappa shape index (κ2) is 12.8. The van der Waals surface area contributed by atoms with Gasteiger partial charge in [-0.1, -0.05) is 37.3 Å². The van der Waals surface area contributed by atoms with Gasteiger partial charge < -0.3 is 24.8 Å². The minimum atomic E-state index is 0.275. The summed E-state index contributed by atoms with van der Waals surface area (Å²) in [6.45, 7) is 9.44. The Morgan fingerprint density at radius 3 is 2.57 bits per heavy atom. The van der Waals surface area contributed by atoms with Crippen LogP contribution in [0.15, 0.2) is 47.5 Å². The highest BCUT2D eigenvalue weighted by molar-refractivity contribution is 5.79. The van der Waals surface area contributed by atoms with Gasteiger partial charge in [-0.25, -0.2) is 4.99 Å². The fourth-order valence-corrected chi connectivity index (χ4v) is 3.10. The van der Waals surface area contributed by atoms with E-state index in [9.17, 15) is 0 Å². The number of aliphatic imine (C=N–C) groups is 1. The molecule has 0 bridgehead atoms. The molecule has 2 aromatic carbocycles. The molecule has 0 aliphatic heterocycles. The first-order valence-electron chi connectivity index (χ1n) is 10.4. The second-order valence-corrected chi connectivity index (χ2v) is 7.17. The van der Waals surface area contributed by atoms with E-state index in [-0.39, 0.29) is 5.92 Å². The normalized spacial score (nSPS) is 12.4. The number of benzene rings is 2. The molecular weight excluding hydrogens is 378 g/mol. The van der Waals surface area contributed by atoms with Crippen LogP contribution in [0.4, 0.5) is 0 Å². The van der Waals surface area contributed by atoms with Crippen LogP contribution in [0.2, 0.25) is 0 Å². The predicted molar refractivity (Wildman–Crippen MR) is 123 cm³/mol. The number of aryl methyl sites for hydroxylation is 1. The molecule has 0 fully saturated rings. The van der Waals surface area contributed by atoms with E-state index in [4.69, 9.17) is 19.2 Å². The number of hydrogen-bond donors (Lipinski definition) is 2. The average Bonchev–Trinajstić information content (AvgIpc) is 2.76. The molecule has 0 spiro atoms. The van der Waals surface area contributed by atoms with Crippen molar-refractivity contribution < 1.29 is 14.2 Å². The third-order valence-electron chi connectivity index (χ3n) is 4.76. The van der Waals surface area contributed by atoms with Crippen LogP contribution >= 0.6 is 0 Å². The van der Waals surface area contributed by atoms with Crippen LogP contribution < -0.4 is 20.1 Å². The van der Waals surface area contributed by atoms with Crippen molar-refractivity contribution in [1.29, 1.82) is 0 Å². The summed E-state index contributed by atoms with van der Waals surface area (Å²) in [6, 6.07) is 14.3. The van der Waals surface area contributed by atoms with Gasteiger partial charge in [0.1, 0.15) is 18.1 Å². The van der Waals surface area contributed by atoms with Gasteiger partial charge in [-0.3, -0.25) is 0 Å². The van der Waals surface area contributed by atoms with Crippen LogP contribution in [0, 0.1) is 6.92 Å². The van der Waals surface area contributed by atoms with Gasteiger partial charge >= 0.3 is 0 Å². The van der Waals surface area contributed by atoms with Gasteiger partial charge in [0.15, 0.2) is 5.96 Å². The van der Waals surface area contributed by atoms with E-state index >= 15 is 0 Å². The van der Waals surface area contributed by atoms with E-state index in [0.29, 0.717) is 19.8 Å². The van der Waals surface area contributed by atoms with E-state index in [2.05, 4.69) is 49.6 Å². The number of nitrogens with zero attached hydrogens (tertiary/aromatic N) is 1. The van der Waals surface area contributed by atoms with Gasteiger partial charge in [0, 0.05) is 31.7 Å². The van der Waals surface area contributed by atoms with Crippen molar-refractivity contribution >= 4 is 5.96 Å². The van der Waals surface area contributed by atoms with Crippen molar-refractivity contribution in [2.24, 2.45) is 4.99 Å². The zero-order chi connectivity index (χ0) is 21.8. The molecule has 1 atom stereocenters. The second-order valence-electron chi connectivity index (χ2n) is 7.17. The van der Waals surface area contributed by atoms with Gasteiger partial charge in [-0.2, -0.15) is 0 Å². The number of methoxy groups -OCH3 is 2. The van der Waals surface area contributed by atoms with Crippen LogP contribution in [0.5, 0.6) is 11.5 Å². The van der Waals surface area contributed by atoms with Crippen LogP contribution in [0.1, 0.15) is 36.5 Å². The van der Waals surface area contributed by atoms with Crippen molar-refractivity contribution in [3.05, 3.63) is 59.2 Å². The largest absolute Gasteiger partial charge is 0.496 e. The van der Waals surface area contributed by atoms with Crippen molar-refractivity contribution in [2.45, 2.75) is 33.2 Å². The third kappa shape index (κ3) is 7.26. The SMILES string of the molecule is CCNC(=NCc1ccc(C)cc1OCCOC)NCC(C)c1ccccc1OC. The Balaban J connectivity index is 2.05. The van der Waals surface area contributed by atoms with Crippen molar-refractivity contribution in [3.8, 4) is 11.5 Å². The lowest BCUT2D eigenvalue weighted by atomic mass is 10.0. The fraction of sp³-hybridized carbons (Fsp3) is 0.458. The van der Waals surface area contributed by atoms with Crippen LogP contribution in [-0.2, 0) is 11.3 Å². The molecule has 6 nitrogen and oxygen atoms in total. The lowest BCUT2D eigenvalue weighted by Crippen LogP contribution is -2.39. The Kier molecular flexibility index (Phi) is 10.0. The highest BCUT2D eigenvalue weighted by Gasteiger charge is 2.12. The molecule has 164 valence electrons. The Morgan fingerprint density at radius 2 is 1.83 bits per heavy atom. The van der Waals surface area contributed by atoms with Crippen molar-refractivity contribution in [1.82, 2.24) is 10.6 Å². The quantitative estimate of drug-likeness (QED) is 0.332. The maximum absolute atomic E-state index is 5.88. The fourth-order valence-electron chi connectivity index (χ4n) is 3.10. The first-order valence-corrected chi connectivity index (χ1v) is 10.4. The molecule has 2 rings (SSSR count). The highest BCUT2D eigenvalue weighted by atomic mass is 16.5. The molecule has 0 heterocycles. The monoisotopic (exact) mass is 413 g/mol. The molecule has 6 heteroatoms. The van der Waals surface area contributed by atoms with Gasteiger partial charge in [-0.15, -0.1) is 0 Å². The molecule has 30 heavy (non-hydrogen) atoms. The first-order chi connectivity index (χ1) is 14.6. The Hall–Kier alpha value is -2.73. The van der Waals surface area contributed by atoms with E-state index in [1.165, 1.54) is 5.56 Å². The molecule has 2 aromatic rings. The first kappa shape index (κ1) is 23.5. The van der Waals surface area contributed by atoms with Crippen molar-refractivity contribution in [2.75, 3.05) is 40.5 Å². The zero-order valence-electron chi connectivity index (χ0n) is 18.8. The topological polar surface area (TPSA) is 64.1 Å². The number of para-hydroxylation sites is 1. The zero-order valence-corrected chi connectivity index (χ0v) is 18.8. The molecule has 1 unspecified atom stereocenters. The Bertz CT molecular complexity index is 808. The molecule has 0 radical (unpaired) electrons. The summed E-state index contributed by atoms with van der Waals surface area (Å²) in [4.78, 5) is 4.76. The van der Waals surface area contributed by atoms with Crippen LogP contribution in [0.25, 0.3) is 0 Å². The number of ether oxygens (including phenoxy) is 3. The van der Waals surface area contributed by atoms with E-state index in [0.717, 1.165) is 41.7 Å². The smallest absolute Gasteiger partial charge is 0.191 e. The summed E-state index contributed by atoms with van der Waals surface area (Å²) >= 11 is 0. The molecule has 0 aliphatic carbocycles. The van der Waals surface area contributed by atoms with E-state index in [1.807, 2.05) is 24.3 Å². The summed E-state index contributed by atoms with van der Waals surface area (Å²) in [6.07, 6.45) is 0. The minimum Gasteiger partial charge on any atom is -0.496 e. The van der Waals surface area contributed by atoms with Crippen LogP contribution in [-0.4, -0.2) is 46.5 Å². The maximum atomic E-state index is 5.88. The summed E-state index contributed by atoms with van der Waals surface area (Å²) in [5.74, 6) is 2.82. The number of rotatable bonds is 11. The van der Waals surface area contributed by atoms with Crippen LogP contribution in [0.3, 0.4) is 0 Å². The maximum Gasteiger partial charge on any atom is 0.191 e. The highest BCUT2D eigenvalue weighted by Crippen LogP contribution is 2.25. The molecular formula is C24H35N3O3. The van der Waals surface area contributed by atoms with Crippen molar-refractivity contribution in [3.63, 3.8) is 0 Å². The molecule has 2 N–H and O–H groups in total. The standard InChI is InChI=1S/C24H35N3O3/c1-6-25-24(26-16-19(3)21-9-7-8-10-22(21)29-5)27-17-20-12-11-18(2)15-23(20)30-14-13-28-4/h7-12,15,19H,6,13-14,16-17H2,1-5H3,(H2,25,26,27). The molecule has 0 aromatic heterocycles. The summed E-state index contributed by atoms with van der Waals surface area (Å²) in [7, 11) is 3.38. The predicted octanol–water partition coefficient (Wildman–Crippen LogP) is 3.89. The van der Waals surface area contributed by atoms with Gasteiger partial charge in [-0.05, 0) is 37.1 Å². The van der Waals surface area contributed by atoms with Gasteiger partial charge in [0.05, 0.1) is 20.3 Å². The molecule has 0 saturated carbocycles. The molecule has 0 amide bonds. The van der Waals surface area contributed by atoms with E-state index in [1.54, 1.807) is 14.2 Å².